The van der Waals surface area contributed by atoms with Crippen molar-refractivity contribution in [3.05, 3.63) is 60.0 Å². The number of carbonyl (C=O) groups is 1. The molecule has 140 valence electrons. The molecule has 0 saturated carbocycles. The summed E-state index contributed by atoms with van der Waals surface area (Å²) in [5.41, 5.74) is 1.78. The van der Waals surface area contributed by atoms with Crippen molar-refractivity contribution in [2.24, 2.45) is 0 Å². The number of aromatic nitrogens is 2. The SMILES string of the molecule is COc1ccc(CNC(=O)CCc2nnc(-c3ccccc3)o2)cc1OC. The highest BCUT2D eigenvalue weighted by molar-refractivity contribution is 5.76. The van der Waals surface area contributed by atoms with Crippen LogP contribution in [-0.4, -0.2) is 30.3 Å². The Labute approximate surface area is 157 Å². The Morgan fingerprint density at radius 3 is 2.56 bits per heavy atom. The van der Waals surface area contributed by atoms with Crippen LogP contribution >= 0.6 is 0 Å². The van der Waals surface area contributed by atoms with Crippen LogP contribution in [0.15, 0.2) is 52.9 Å². The first-order chi connectivity index (χ1) is 13.2. The predicted octanol–water partition coefficient (Wildman–Crippen LogP) is 3.00. The Kier molecular flexibility index (Phi) is 6.04. The molecule has 0 unspecified atom stereocenters. The number of nitrogens with one attached hydrogen (secondary N) is 1. The highest BCUT2D eigenvalue weighted by atomic mass is 16.5. The van der Waals surface area contributed by atoms with Crippen molar-refractivity contribution >= 4 is 5.91 Å². The van der Waals surface area contributed by atoms with Crippen LogP contribution in [0.5, 0.6) is 11.5 Å². The van der Waals surface area contributed by atoms with Gasteiger partial charge in [-0.3, -0.25) is 4.79 Å². The Morgan fingerprint density at radius 2 is 1.81 bits per heavy atom. The fraction of sp³-hybridized carbons (Fsp3) is 0.250. The van der Waals surface area contributed by atoms with E-state index in [2.05, 4.69) is 15.5 Å². The van der Waals surface area contributed by atoms with Gasteiger partial charge in [0.15, 0.2) is 11.5 Å². The molecular weight excluding hydrogens is 346 g/mol. The average Bonchev–Trinajstić information content (AvgIpc) is 3.20. The van der Waals surface area contributed by atoms with Crippen LogP contribution in [0.3, 0.4) is 0 Å². The number of aryl methyl sites for hydroxylation is 1. The maximum absolute atomic E-state index is 12.1. The van der Waals surface area contributed by atoms with E-state index in [1.54, 1.807) is 14.2 Å². The third-order valence-electron chi connectivity index (χ3n) is 3.99. The lowest BCUT2D eigenvalue weighted by molar-refractivity contribution is -0.121. The zero-order valence-corrected chi connectivity index (χ0v) is 15.3. The number of ether oxygens (including phenoxy) is 2. The maximum Gasteiger partial charge on any atom is 0.247 e. The van der Waals surface area contributed by atoms with Gasteiger partial charge in [0.1, 0.15) is 0 Å². The minimum Gasteiger partial charge on any atom is -0.493 e. The fourth-order valence-electron chi connectivity index (χ4n) is 2.55. The van der Waals surface area contributed by atoms with Gasteiger partial charge in [-0.1, -0.05) is 24.3 Å². The summed E-state index contributed by atoms with van der Waals surface area (Å²) >= 11 is 0. The zero-order chi connectivity index (χ0) is 19.1. The summed E-state index contributed by atoms with van der Waals surface area (Å²) in [6, 6.07) is 15.0. The topological polar surface area (TPSA) is 86.5 Å². The lowest BCUT2D eigenvalue weighted by Crippen LogP contribution is -2.23. The first-order valence-electron chi connectivity index (χ1n) is 8.55. The van der Waals surface area contributed by atoms with Gasteiger partial charge >= 0.3 is 0 Å². The van der Waals surface area contributed by atoms with Gasteiger partial charge in [0, 0.05) is 24.9 Å². The molecule has 0 spiro atoms. The van der Waals surface area contributed by atoms with Crippen LogP contribution in [0.25, 0.3) is 11.5 Å². The Balaban J connectivity index is 1.50. The van der Waals surface area contributed by atoms with Crippen LogP contribution in [0.2, 0.25) is 0 Å². The summed E-state index contributed by atoms with van der Waals surface area (Å²) < 4.78 is 16.1. The molecule has 1 N–H and O–H groups in total. The predicted molar refractivity (Wildman–Crippen MR) is 99.4 cm³/mol. The van der Waals surface area contributed by atoms with E-state index in [0.29, 0.717) is 36.2 Å². The van der Waals surface area contributed by atoms with Crippen LogP contribution in [0.1, 0.15) is 17.9 Å². The summed E-state index contributed by atoms with van der Waals surface area (Å²) in [4.78, 5) is 12.1. The lowest BCUT2D eigenvalue weighted by Gasteiger charge is -2.10. The van der Waals surface area contributed by atoms with E-state index in [9.17, 15) is 4.79 Å². The molecule has 0 fully saturated rings. The molecule has 0 bridgehead atoms. The van der Waals surface area contributed by atoms with Crippen molar-refractivity contribution in [1.82, 2.24) is 15.5 Å². The van der Waals surface area contributed by atoms with Gasteiger partial charge < -0.3 is 19.2 Å². The van der Waals surface area contributed by atoms with Crippen molar-refractivity contribution in [2.75, 3.05) is 14.2 Å². The molecule has 3 rings (SSSR count). The quantitative estimate of drug-likeness (QED) is 0.659. The summed E-state index contributed by atoms with van der Waals surface area (Å²) in [6.45, 7) is 0.401. The lowest BCUT2D eigenvalue weighted by atomic mass is 10.2. The van der Waals surface area contributed by atoms with Crippen molar-refractivity contribution in [3.8, 4) is 23.0 Å². The first kappa shape index (κ1) is 18.4. The zero-order valence-electron chi connectivity index (χ0n) is 15.3. The van der Waals surface area contributed by atoms with E-state index < -0.39 is 0 Å². The van der Waals surface area contributed by atoms with Crippen LogP contribution < -0.4 is 14.8 Å². The van der Waals surface area contributed by atoms with Gasteiger partial charge in [0.2, 0.25) is 17.7 Å². The third kappa shape index (κ3) is 4.84. The number of carbonyl (C=O) groups excluding carboxylic acids is 1. The molecule has 0 aliphatic rings. The van der Waals surface area contributed by atoms with Gasteiger partial charge in [-0.2, -0.15) is 0 Å². The van der Waals surface area contributed by atoms with E-state index in [-0.39, 0.29) is 12.3 Å². The van der Waals surface area contributed by atoms with Gasteiger partial charge in [0.25, 0.3) is 0 Å². The number of methoxy groups -OCH3 is 2. The summed E-state index contributed by atoms with van der Waals surface area (Å²) in [5.74, 6) is 2.08. The molecule has 0 saturated heterocycles. The number of amides is 1. The minimum atomic E-state index is -0.0933. The standard InChI is InChI=1S/C20H21N3O4/c1-25-16-9-8-14(12-17(16)26-2)13-21-18(24)10-11-19-22-23-20(27-19)15-6-4-3-5-7-15/h3-9,12H,10-11,13H2,1-2H3,(H,21,24). The highest BCUT2D eigenvalue weighted by Crippen LogP contribution is 2.27. The second-order valence-electron chi connectivity index (χ2n) is 5.83. The largest absolute Gasteiger partial charge is 0.493 e. The first-order valence-corrected chi connectivity index (χ1v) is 8.55. The molecule has 3 aromatic rings. The molecule has 0 radical (unpaired) electrons. The van der Waals surface area contributed by atoms with Crippen LogP contribution in [0.4, 0.5) is 0 Å². The second-order valence-corrected chi connectivity index (χ2v) is 5.83. The summed E-state index contributed by atoms with van der Waals surface area (Å²) in [7, 11) is 3.16. The Bertz CT molecular complexity index is 893. The fourth-order valence-corrected chi connectivity index (χ4v) is 2.55. The Morgan fingerprint density at radius 1 is 1.04 bits per heavy atom. The summed E-state index contributed by atoms with van der Waals surface area (Å²) in [6.07, 6.45) is 0.654. The minimum absolute atomic E-state index is 0.0933. The molecule has 7 heteroatoms. The van der Waals surface area contributed by atoms with Crippen molar-refractivity contribution in [3.63, 3.8) is 0 Å². The molecular formula is C20H21N3O4. The monoisotopic (exact) mass is 367 g/mol. The van der Waals surface area contributed by atoms with E-state index >= 15 is 0 Å². The van der Waals surface area contributed by atoms with Gasteiger partial charge in [-0.05, 0) is 29.8 Å². The molecule has 0 aliphatic heterocycles. The number of benzene rings is 2. The second kappa shape index (κ2) is 8.84. The normalized spacial score (nSPS) is 10.4. The van der Waals surface area contributed by atoms with Crippen molar-refractivity contribution < 1.29 is 18.7 Å². The van der Waals surface area contributed by atoms with E-state index in [4.69, 9.17) is 13.9 Å². The Hall–Kier alpha value is -3.35. The highest BCUT2D eigenvalue weighted by Gasteiger charge is 2.11. The number of nitrogens with zero attached hydrogens (tertiary/aromatic N) is 2. The molecule has 0 aliphatic carbocycles. The van der Waals surface area contributed by atoms with Crippen molar-refractivity contribution in [2.45, 2.75) is 19.4 Å². The van der Waals surface area contributed by atoms with Crippen molar-refractivity contribution in [1.29, 1.82) is 0 Å². The van der Waals surface area contributed by atoms with Gasteiger partial charge in [0.05, 0.1) is 14.2 Å². The summed E-state index contributed by atoms with van der Waals surface area (Å²) in [5, 5.41) is 10.9. The van der Waals surface area contributed by atoms with E-state index in [1.807, 2.05) is 48.5 Å². The van der Waals surface area contributed by atoms with Crippen LogP contribution in [-0.2, 0) is 17.8 Å². The van der Waals surface area contributed by atoms with Gasteiger partial charge in [-0.25, -0.2) is 0 Å². The third-order valence-corrected chi connectivity index (χ3v) is 3.99. The molecule has 1 amide bonds. The average molecular weight is 367 g/mol. The number of rotatable bonds is 8. The maximum atomic E-state index is 12.1. The van der Waals surface area contributed by atoms with E-state index in [1.165, 1.54) is 0 Å². The van der Waals surface area contributed by atoms with Gasteiger partial charge in [-0.15, -0.1) is 10.2 Å². The molecule has 2 aromatic carbocycles. The molecule has 1 heterocycles. The molecule has 27 heavy (non-hydrogen) atoms. The number of hydrogen-bond acceptors (Lipinski definition) is 6. The molecule has 1 aromatic heterocycles. The van der Waals surface area contributed by atoms with Crippen LogP contribution in [0, 0.1) is 0 Å². The molecule has 0 atom stereocenters. The molecule has 7 nitrogen and oxygen atoms in total. The smallest absolute Gasteiger partial charge is 0.247 e. The number of hydrogen-bond donors (Lipinski definition) is 1. The van der Waals surface area contributed by atoms with E-state index in [0.717, 1.165) is 11.1 Å².